The third kappa shape index (κ3) is 48.5. The third-order valence-corrected chi connectivity index (χ3v) is 1.41. The van der Waals surface area contributed by atoms with Crippen LogP contribution in [0.3, 0.4) is 0 Å². The van der Waals surface area contributed by atoms with Gasteiger partial charge in [-0.1, -0.05) is 34.1 Å². The molecule has 2 heteroatoms. The lowest BCUT2D eigenvalue weighted by Crippen LogP contribution is -2.08. The smallest absolute Gasteiger partial charge is 0.00520 e. The Balaban J connectivity index is -0.000000131. The van der Waals surface area contributed by atoms with E-state index in [0.717, 1.165) is 13.1 Å². The van der Waals surface area contributed by atoms with E-state index in [1.165, 1.54) is 12.8 Å². The van der Waals surface area contributed by atoms with Gasteiger partial charge in [-0.15, -0.1) is 0 Å². The maximum Gasteiger partial charge on any atom is -0.00520 e. The van der Waals surface area contributed by atoms with E-state index in [9.17, 15) is 0 Å². The molecule has 0 aromatic heterocycles. The number of nitrogens with zero attached hydrogens (tertiary/aromatic N) is 1. The molecule has 13 heavy (non-hydrogen) atoms. The van der Waals surface area contributed by atoms with Crippen LogP contribution in [-0.2, 0) is 0 Å². The van der Waals surface area contributed by atoms with Crippen molar-refractivity contribution < 1.29 is 0 Å². The van der Waals surface area contributed by atoms with Gasteiger partial charge >= 0.3 is 0 Å². The zero-order valence-corrected chi connectivity index (χ0v) is 10.8. The fraction of sp³-hybridized carbons (Fsp3) is 1.00. The van der Waals surface area contributed by atoms with Gasteiger partial charge in [-0.25, -0.2) is 0 Å². The third-order valence-electron chi connectivity index (χ3n) is 1.41. The minimum Gasteiger partial charge on any atom is -0.320 e. The summed E-state index contributed by atoms with van der Waals surface area (Å²) in [5.74, 6) is 0. The highest BCUT2D eigenvalue weighted by atomic mass is 15.0. The molecule has 0 radical (unpaired) electrons. The molecule has 0 bridgehead atoms. The van der Waals surface area contributed by atoms with E-state index in [-0.39, 0.29) is 0 Å². The summed E-state index contributed by atoms with van der Waals surface area (Å²) in [6.07, 6.45) is 2.59. The second kappa shape index (κ2) is 22.7. The summed E-state index contributed by atoms with van der Waals surface area (Å²) in [5.41, 5.74) is 0. The van der Waals surface area contributed by atoms with Gasteiger partial charge in [0.2, 0.25) is 0 Å². The van der Waals surface area contributed by atoms with Crippen molar-refractivity contribution in [1.82, 2.24) is 10.2 Å². The van der Waals surface area contributed by atoms with Crippen LogP contribution in [0.2, 0.25) is 0 Å². The first-order valence-corrected chi connectivity index (χ1v) is 5.48. The molecule has 0 heterocycles. The summed E-state index contributed by atoms with van der Waals surface area (Å²) >= 11 is 0. The second-order valence-corrected chi connectivity index (χ2v) is 2.85. The first kappa shape index (κ1) is 18.7. The van der Waals surface area contributed by atoms with Crippen LogP contribution in [-0.4, -0.2) is 39.1 Å². The minimum atomic E-state index is 1.14. The van der Waals surface area contributed by atoms with Gasteiger partial charge < -0.3 is 10.2 Å². The molecule has 0 unspecified atom stereocenters. The van der Waals surface area contributed by atoms with Gasteiger partial charge in [-0.2, -0.15) is 0 Å². The number of rotatable bonds is 4. The first-order chi connectivity index (χ1) is 6.18. The number of nitrogens with one attached hydrogen (secondary N) is 1. The lowest BCUT2D eigenvalue weighted by Gasteiger charge is -2.00. The van der Waals surface area contributed by atoms with Crippen molar-refractivity contribution in [1.29, 1.82) is 0 Å². The van der Waals surface area contributed by atoms with Crippen molar-refractivity contribution in [3.63, 3.8) is 0 Å². The van der Waals surface area contributed by atoms with E-state index >= 15 is 0 Å². The van der Waals surface area contributed by atoms with Crippen molar-refractivity contribution in [3.8, 4) is 0 Å². The van der Waals surface area contributed by atoms with Crippen LogP contribution in [0.25, 0.3) is 0 Å². The SMILES string of the molecule is CC.CCCCNC.CCN(C)C. The predicted octanol–water partition coefficient (Wildman–Crippen LogP) is 2.60. The molecule has 0 fully saturated rings. The normalized spacial score (nSPS) is 8.31. The molecule has 0 amide bonds. The van der Waals surface area contributed by atoms with Crippen LogP contribution in [0.4, 0.5) is 0 Å². The Bertz CT molecular complexity index is 50.1. The summed E-state index contributed by atoms with van der Waals surface area (Å²) in [6.45, 7) is 10.6. The van der Waals surface area contributed by atoms with Crippen molar-refractivity contribution in [2.75, 3.05) is 34.2 Å². The number of hydrogen-bond donors (Lipinski definition) is 1. The van der Waals surface area contributed by atoms with Gasteiger partial charge in [0, 0.05) is 0 Å². The van der Waals surface area contributed by atoms with Crippen molar-refractivity contribution in [2.24, 2.45) is 0 Å². The average molecular weight is 190 g/mol. The second-order valence-electron chi connectivity index (χ2n) is 2.85. The molecule has 0 aliphatic rings. The Morgan fingerprint density at radius 2 is 1.46 bits per heavy atom. The van der Waals surface area contributed by atoms with E-state index in [0.29, 0.717) is 0 Å². The molecule has 2 nitrogen and oxygen atoms in total. The highest BCUT2D eigenvalue weighted by Gasteiger charge is 1.73. The Morgan fingerprint density at radius 3 is 1.54 bits per heavy atom. The van der Waals surface area contributed by atoms with Gasteiger partial charge in [0.15, 0.2) is 0 Å². The zero-order valence-electron chi connectivity index (χ0n) is 10.8. The Kier molecular flexibility index (Phi) is 32.5. The van der Waals surface area contributed by atoms with Gasteiger partial charge in [0.05, 0.1) is 0 Å². The van der Waals surface area contributed by atoms with Crippen LogP contribution >= 0.6 is 0 Å². The van der Waals surface area contributed by atoms with Gasteiger partial charge in [0.25, 0.3) is 0 Å². The van der Waals surface area contributed by atoms with Crippen LogP contribution < -0.4 is 5.32 Å². The van der Waals surface area contributed by atoms with E-state index in [2.05, 4.69) is 38.2 Å². The number of hydrogen-bond acceptors (Lipinski definition) is 2. The molecule has 0 spiro atoms. The monoisotopic (exact) mass is 190 g/mol. The van der Waals surface area contributed by atoms with Gasteiger partial charge in [-0.05, 0) is 40.7 Å². The molecule has 0 rings (SSSR count). The molecular weight excluding hydrogens is 160 g/mol. The maximum atomic E-state index is 3.07. The summed E-state index contributed by atoms with van der Waals surface area (Å²) in [7, 11) is 6.09. The maximum absolute atomic E-state index is 3.07. The molecule has 0 saturated carbocycles. The summed E-state index contributed by atoms with van der Waals surface area (Å²) < 4.78 is 0. The van der Waals surface area contributed by atoms with E-state index in [1.807, 2.05) is 20.9 Å². The standard InChI is InChI=1S/C5H13N.C4H11N.C2H6/c1-3-4-5-6-2;1-4-5(2)3;1-2/h6H,3-5H2,1-2H3;4H2,1-3H3;1-2H3. The van der Waals surface area contributed by atoms with E-state index in [1.54, 1.807) is 0 Å². The van der Waals surface area contributed by atoms with Crippen LogP contribution in [0.15, 0.2) is 0 Å². The molecular formula is C11H30N2. The van der Waals surface area contributed by atoms with Gasteiger partial charge in [-0.3, -0.25) is 0 Å². The molecule has 0 aromatic rings. The highest BCUT2D eigenvalue weighted by Crippen LogP contribution is 1.79. The zero-order chi connectivity index (χ0) is 11.1. The van der Waals surface area contributed by atoms with Crippen LogP contribution in [0.1, 0.15) is 40.5 Å². The molecule has 1 N–H and O–H groups in total. The molecule has 84 valence electrons. The van der Waals surface area contributed by atoms with E-state index in [4.69, 9.17) is 0 Å². The highest BCUT2D eigenvalue weighted by molar-refractivity contribution is 4.34. The molecule has 0 aliphatic heterocycles. The fourth-order valence-electron chi connectivity index (χ4n) is 0.354. The van der Waals surface area contributed by atoms with Crippen molar-refractivity contribution in [3.05, 3.63) is 0 Å². The largest absolute Gasteiger partial charge is 0.320 e. The summed E-state index contributed by atoms with van der Waals surface area (Å²) in [5, 5.41) is 3.07. The number of unbranched alkanes of at least 4 members (excludes halogenated alkanes) is 1. The van der Waals surface area contributed by atoms with Crippen LogP contribution in [0.5, 0.6) is 0 Å². The lowest BCUT2D eigenvalue weighted by atomic mass is 10.3. The molecule has 0 aliphatic carbocycles. The van der Waals surface area contributed by atoms with Gasteiger partial charge in [0.1, 0.15) is 0 Å². The van der Waals surface area contributed by atoms with Crippen molar-refractivity contribution in [2.45, 2.75) is 40.5 Å². The lowest BCUT2D eigenvalue weighted by molar-refractivity contribution is 0.434. The topological polar surface area (TPSA) is 15.3 Å². The molecule has 0 aromatic carbocycles. The Hall–Kier alpha value is -0.0800. The minimum absolute atomic E-state index is 1.14. The first-order valence-electron chi connectivity index (χ1n) is 5.48. The van der Waals surface area contributed by atoms with Crippen LogP contribution in [0, 0.1) is 0 Å². The summed E-state index contributed by atoms with van der Waals surface area (Å²) in [6, 6.07) is 0. The molecule has 0 saturated heterocycles. The Morgan fingerprint density at radius 1 is 1.08 bits per heavy atom. The molecule has 0 atom stereocenters. The quantitative estimate of drug-likeness (QED) is 0.686. The summed E-state index contributed by atoms with van der Waals surface area (Å²) in [4.78, 5) is 2.12. The fourth-order valence-corrected chi connectivity index (χ4v) is 0.354. The Labute approximate surface area is 85.7 Å². The average Bonchev–Trinajstić information content (AvgIpc) is 2.18. The predicted molar refractivity (Wildman–Crippen MR) is 64.4 cm³/mol. The van der Waals surface area contributed by atoms with Crippen molar-refractivity contribution >= 4 is 0 Å². The van der Waals surface area contributed by atoms with E-state index < -0.39 is 0 Å².